The van der Waals surface area contributed by atoms with Gasteiger partial charge in [0.15, 0.2) is 0 Å². The number of esters is 1. The van der Waals surface area contributed by atoms with Crippen LogP contribution in [0.1, 0.15) is 73.1 Å². The topological polar surface area (TPSA) is 55.8 Å². The number of ether oxygens (including phenoxy) is 2. The van der Waals surface area contributed by atoms with E-state index in [0.29, 0.717) is 0 Å². The van der Waals surface area contributed by atoms with E-state index in [2.05, 4.69) is 26.0 Å². The van der Waals surface area contributed by atoms with Gasteiger partial charge < -0.3 is 14.6 Å². The fourth-order valence-corrected chi connectivity index (χ4v) is 4.47. The van der Waals surface area contributed by atoms with Crippen LogP contribution in [0.15, 0.2) is 23.3 Å². The van der Waals surface area contributed by atoms with Crippen molar-refractivity contribution < 1.29 is 19.4 Å². The molecule has 2 bridgehead atoms. The molecule has 27 heavy (non-hydrogen) atoms. The summed E-state index contributed by atoms with van der Waals surface area (Å²) < 4.78 is 12.3. The highest BCUT2D eigenvalue weighted by Crippen LogP contribution is 2.43. The summed E-state index contributed by atoms with van der Waals surface area (Å²) in [7, 11) is 0. The van der Waals surface area contributed by atoms with Crippen LogP contribution in [0.5, 0.6) is 0 Å². The van der Waals surface area contributed by atoms with Crippen molar-refractivity contribution >= 4 is 17.6 Å². The van der Waals surface area contributed by atoms with E-state index >= 15 is 0 Å². The minimum absolute atomic E-state index is 0.0868. The Balaban J connectivity index is 2.40. The van der Waals surface area contributed by atoms with E-state index in [9.17, 15) is 9.90 Å². The van der Waals surface area contributed by atoms with Crippen molar-refractivity contribution in [3.63, 3.8) is 0 Å². The molecular formula is C22H35ClO4. The predicted molar refractivity (Wildman–Crippen MR) is 109 cm³/mol. The normalized spacial score (nSPS) is 38.9. The highest BCUT2D eigenvalue weighted by Gasteiger charge is 2.49. The maximum atomic E-state index is 11.7. The lowest BCUT2D eigenvalue weighted by Crippen LogP contribution is -2.56. The molecule has 154 valence electrons. The number of hydrogen-bond donors (Lipinski definition) is 1. The van der Waals surface area contributed by atoms with Gasteiger partial charge in [0.1, 0.15) is 11.7 Å². The Morgan fingerprint density at radius 1 is 1.37 bits per heavy atom. The predicted octanol–water partition coefficient (Wildman–Crippen LogP) is 4.93. The fraction of sp³-hybridized carbons (Fsp3) is 0.773. The van der Waals surface area contributed by atoms with Crippen LogP contribution in [0.3, 0.4) is 0 Å². The van der Waals surface area contributed by atoms with Crippen molar-refractivity contribution in [2.45, 2.75) is 96.6 Å². The Hall–Kier alpha value is -0.840. The second kappa shape index (κ2) is 9.11. The smallest absolute Gasteiger partial charge is 0.303 e. The lowest BCUT2D eigenvalue weighted by atomic mass is 9.74. The average molecular weight is 399 g/mol. The molecule has 1 saturated heterocycles. The number of hydrogen-bond acceptors (Lipinski definition) is 4. The first kappa shape index (κ1) is 22.4. The maximum Gasteiger partial charge on any atom is 0.303 e. The first-order chi connectivity index (χ1) is 12.6. The SMILES string of the molecule is CC(=O)O[C@H]1CC/C(C)=C/CC/C(C)=C/[C@H]2OC1(C)CC[C@@H]2[C@@](C)(O)CCl. The summed E-state index contributed by atoms with van der Waals surface area (Å²) in [5.74, 6) is -0.205. The number of aliphatic hydroxyl groups is 1. The van der Waals surface area contributed by atoms with Gasteiger partial charge in [0.05, 0.1) is 17.6 Å². The van der Waals surface area contributed by atoms with Crippen LogP contribution in [0.4, 0.5) is 0 Å². The summed E-state index contributed by atoms with van der Waals surface area (Å²) in [6.45, 7) is 9.52. The van der Waals surface area contributed by atoms with Crippen LogP contribution in [0.25, 0.3) is 0 Å². The lowest BCUT2D eigenvalue weighted by molar-refractivity contribution is -0.213. The number of carbonyl (C=O) groups is 1. The molecule has 0 aromatic rings. The maximum absolute atomic E-state index is 11.7. The molecular weight excluding hydrogens is 364 g/mol. The standard InChI is InChI=1S/C22H35ClO4/c1-15-7-6-8-16(2)13-19-18(21(4,25)14-23)11-12-22(5,27-19)20(10-9-15)26-17(3)24/h7,13,18-20,25H,6,8-12,14H2,1-5H3/b15-7+,16-13+/t18-,19+,20-,21-,22?/m0/s1. The number of rotatable bonds is 3. The molecule has 0 saturated carbocycles. The number of carbonyl (C=O) groups excluding carboxylic acids is 1. The molecule has 1 N–H and O–H groups in total. The van der Waals surface area contributed by atoms with Gasteiger partial charge in [0.25, 0.3) is 0 Å². The minimum atomic E-state index is -1.01. The van der Waals surface area contributed by atoms with E-state index in [1.165, 1.54) is 18.1 Å². The zero-order valence-electron chi connectivity index (χ0n) is 17.4. The second-order valence-corrected chi connectivity index (χ2v) is 9.04. The largest absolute Gasteiger partial charge is 0.459 e. The quantitative estimate of drug-likeness (QED) is 0.416. The van der Waals surface area contributed by atoms with Crippen LogP contribution in [0, 0.1) is 5.92 Å². The van der Waals surface area contributed by atoms with Crippen molar-refractivity contribution in [3.8, 4) is 0 Å². The molecule has 0 aromatic carbocycles. The van der Waals surface area contributed by atoms with E-state index < -0.39 is 11.2 Å². The Kier molecular flexibility index (Phi) is 7.57. The van der Waals surface area contributed by atoms with E-state index in [4.69, 9.17) is 21.1 Å². The van der Waals surface area contributed by atoms with Crippen molar-refractivity contribution in [2.75, 3.05) is 5.88 Å². The van der Waals surface area contributed by atoms with Gasteiger partial charge in [-0.05, 0) is 66.2 Å². The third kappa shape index (κ3) is 5.82. The van der Waals surface area contributed by atoms with Crippen LogP contribution < -0.4 is 0 Å². The zero-order chi connectivity index (χ0) is 20.2. The van der Waals surface area contributed by atoms with Gasteiger partial charge in [0.2, 0.25) is 0 Å². The van der Waals surface area contributed by atoms with Gasteiger partial charge in [-0.15, -0.1) is 11.6 Å². The van der Waals surface area contributed by atoms with Crippen LogP contribution in [-0.2, 0) is 14.3 Å². The Morgan fingerprint density at radius 3 is 2.70 bits per heavy atom. The number of fused-ring (bicyclic) bond motifs is 2. The number of halogens is 1. The Bertz CT molecular complexity index is 595. The summed E-state index contributed by atoms with van der Waals surface area (Å²) in [6, 6.07) is 0. The van der Waals surface area contributed by atoms with Gasteiger partial charge >= 0.3 is 5.97 Å². The molecule has 5 heteroatoms. The Morgan fingerprint density at radius 2 is 2.07 bits per heavy atom. The van der Waals surface area contributed by atoms with Gasteiger partial charge in [-0.1, -0.05) is 23.3 Å². The molecule has 0 amide bonds. The summed E-state index contributed by atoms with van der Waals surface area (Å²) in [6.07, 6.45) is 8.91. The molecule has 0 spiro atoms. The summed E-state index contributed by atoms with van der Waals surface area (Å²) >= 11 is 6.06. The van der Waals surface area contributed by atoms with E-state index in [1.54, 1.807) is 6.92 Å². The summed E-state index contributed by atoms with van der Waals surface area (Å²) in [5, 5.41) is 10.8. The first-order valence-corrected chi connectivity index (χ1v) is 10.6. The third-order valence-electron chi connectivity index (χ3n) is 6.09. The molecule has 0 aromatic heterocycles. The third-order valence-corrected chi connectivity index (χ3v) is 6.63. The minimum Gasteiger partial charge on any atom is -0.459 e. The average Bonchev–Trinajstić information content (AvgIpc) is 2.57. The highest BCUT2D eigenvalue weighted by atomic mass is 35.5. The van der Waals surface area contributed by atoms with Gasteiger partial charge in [-0.3, -0.25) is 4.79 Å². The molecule has 1 unspecified atom stereocenters. The number of allylic oxidation sites excluding steroid dienone is 3. The van der Waals surface area contributed by atoms with Crippen LogP contribution >= 0.6 is 11.6 Å². The first-order valence-electron chi connectivity index (χ1n) is 10.0. The van der Waals surface area contributed by atoms with Gasteiger partial charge in [-0.2, -0.15) is 0 Å². The fourth-order valence-electron chi connectivity index (χ4n) is 4.27. The Labute approximate surface area is 168 Å². The van der Waals surface area contributed by atoms with Gasteiger partial charge in [0, 0.05) is 12.8 Å². The molecule has 0 aliphatic carbocycles. The van der Waals surface area contributed by atoms with E-state index in [0.717, 1.165) is 38.5 Å². The van der Waals surface area contributed by atoms with Crippen molar-refractivity contribution in [3.05, 3.63) is 23.3 Å². The monoisotopic (exact) mass is 398 g/mol. The summed E-state index contributed by atoms with van der Waals surface area (Å²) in [5.41, 5.74) is 0.980. The van der Waals surface area contributed by atoms with Gasteiger partial charge in [-0.25, -0.2) is 0 Å². The molecule has 2 rings (SSSR count). The highest BCUT2D eigenvalue weighted by molar-refractivity contribution is 6.18. The lowest BCUT2D eigenvalue weighted by Gasteiger charge is -2.49. The van der Waals surface area contributed by atoms with Crippen LogP contribution in [-0.4, -0.2) is 40.4 Å². The van der Waals surface area contributed by atoms with Crippen molar-refractivity contribution in [1.29, 1.82) is 0 Å². The zero-order valence-corrected chi connectivity index (χ0v) is 18.1. The molecule has 2 aliphatic rings. The van der Waals surface area contributed by atoms with Crippen LogP contribution in [0.2, 0.25) is 0 Å². The molecule has 4 nitrogen and oxygen atoms in total. The van der Waals surface area contributed by atoms with Crippen molar-refractivity contribution in [2.24, 2.45) is 5.92 Å². The molecule has 2 aliphatic heterocycles. The second-order valence-electron chi connectivity index (χ2n) is 8.77. The van der Waals surface area contributed by atoms with Crippen molar-refractivity contribution in [1.82, 2.24) is 0 Å². The molecule has 1 fully saturated rings. The number of alkyl halides is 1. The van der Waals surface area contributed by atoms with E-state index in [-0.39, 0.29) is 30.0 Å². The summed E-state index contributed by atoms with van der Waals surface area (Å²) in [4.78, 5) is 11.7. The molecule has 5 atom stereocenters. The molecule has 2 heterocycles. The molecule has 0 radical (unpaired) electrons. The van der Waals surface area contributed by atoms with E-state index in [1.807, 2.05) is 6.92 Å².